The van der Waals surface area contributed by atoms with E-state index in [1.54, 1.807) is 19.1 Å². The zero-order chi connectivity index (χ0) is 19.6. The van der Waals surface area contributed by atoms with Crippen molar-refractivity contribution < 1.29 is 23.0 Å². The molecule has 0 atom stereocenters. The molecule has 140 valence electrons. The topological polar surface area (TPSA) is 51.5 Å². The second kappa shape index (κ2) is 7.67. The fraction of sp³-hybridized carbons (Fsp3) is 0.150. The Hall–Kier alpha value is -3.06. The van der Waals surface area contributed by atoms with E-state index in [1.165, 1.54) is 22.8 Å². The van der Waals surface area contributed by atoms with Gasteiger partial charge in [0.1, 0.15) is 24.0 Å². The van der Waals surface area contributed by atoms with E-state index in [0.29, 0.717) is 5.69 Å². The summed E-state index contributed by atoms with van der Waals surface area (Å²) in [5.74, 6) is -2.24. The first-order valence-electron chi connectivity index (χ1n) is 8.09. The molecule has 3 rings (SSSR count). The summed E-state index contributed by atoms with van der Waals surface area (Å²) in [4.78, 5) is 12.1. The number of hydrogen-bond acceptors (Lipinski definition) is 3. The summed E-state index contributed by atoms with van der Waals surface area (Å²) in [7, 11) is 0. The van der Waals surface area contributed by atoms with Gasteiger partial charge in [-0.25, -0.2) is 13.2 Å². The molecule has 1 aromatic heterocycles. The number of aryl methyl sites for hydroxylation is 1. The largest absolute Gasteiger partial charge is 0.488 e. The van der Waals surface area contributed by atoms with E-state index in [2.05, 4.69) is 0 Å². The third-order valence-electron chi connectivity index (χ3n) is 4.09. The monoisotopic (exact) mass is 375 g/mol. The highest BCUT2D eigenvalue weighted by Gasteiger charge is 2.15. The van der Waals surface area contributed by atoms with E-state index in [0.717, 1.165) is 18.2 Å². The van der Waals surface area contributed by atoms with Gasteiger partial charge in [0.25, 0.3) is 5.56 Å². The van der Waals surface area contributed by atoms with Gasteiger partial charge in [0.05, 0.1) is 12.3 Å². The van der Waals surface area contributed by atoms with Crippen molar-refractivity contribution >= 4 is 0 Å². The van der Waals surface area contributed by atoms with Crippen LogP contribution in [0.3, 0.4) is 0 Å². The van der Waals surface area contributed by atoms with Crippen molar-refractivity contribution in [3.8, 4) is 11.4 Å². The molecule has 0 saturated heterocycles. The molecule has 0 bridgehead atoms. The fourth-order valence-corrected chi connectivity index (χ4v) is 2.71. The molecular weight excluding hydrogens is 359 g/mol. The summed E-state index contributed by atoms with van der Waals surface area (Å²) in [6.45, 7) is 0.901. The van der Waals surface area contributed by atoms with Crippen LogP contribution in [-0.4, -0.2) is 9.67 Å². The molecule has 0 spiro atoms. The van der Waals surface area contributed by atoms with Crippen LogP contribution in [0.15, 0.2) is 53.3 Å². The molecule has 0 radical (unpaired) electrons. The third kappa shape index (κ3) is 3.88. The van der Waals surface area contributed by atoms with Crippen molar-refractivity contribution in [1.29, 1.82) is 0 Å². The number of ether oxygens (including phenoxy) is 1. The van der Waals surface area contributed by atoms with Crippen LogP contribution < -0.4 is 10.3 Å². The number of aliphatic hydroxyl groups excluding tert-OH is 1. The van der Waals surface area contributed by atoms with Gasteiger partial charge >= 0.3 is 0 Å². The quantitative estimate of drug-likeness (QED) is 0.741. The zero-order valence-corrected chi connectivity index (χ0v) is 14.4. The van der Waals surface area contributed by atoms with Crippen molar-refractivity contribution in [2.75, 3.05) is 0 Å². The predicted octanol–water partition coefficient (Wildman–Crippen LogP) is 3.63. The molecule has 0 amide bonds. The number of aliphatic hydroxyl groups is 1. The van der Waals surface area contributed by atoms with Gasteiger partial charge in [-0.05, 0) is 31.2 Å². The van der Waals surface area contributed by atoms with Gasteiger partial charge in [-0.1, -0.05) is 6.07 Å². The van der Waals surface area contributed by atoms with Crippen LogP contribution in [0.4, 0.5) is 13.2 Å². The standard InChI is InChI=1S/C20H16F3NO3/c1-12-3-2-4-20(26)24(12)18-7-14(10-25)19(9-17(18)23)27-11-13-5-6-15(21)8-16(13)22/h2-9,25H,10-11H2,1H3. The number of benzene rings is 2. The number of halogens is 3. The third-order valence-corrected chi connectivity index (χ3v) is 4.09. The molecule has 3 aromatic rings. The Morgan fingerprint density at radius 3 is 2.44 bits per heavy atom. The minimum atomic E-state index is -0.788. The molecule has 4 nitrogen and oxygen atoms in total. The lowest BCUT2D eigenvalue weighted by molar-refractivity contribution is 0.256. The maximum absolute atomic E-state index is 14.6. The molecular formula is C20H16F3NO3. The van der Waals surface area contributed by atoms with Crippen LogP contribution >= 0.6 is 0 Å². The number of nitrogens with zero attached hydrogens (tertiary/aromatic N) is 1. The maximum atomic E-state index is 14.6. The molecule has 0 aliphatic carbocycles. The highest BCUT2D eigenvalue weighted by Crippen LogP contribution is 2.27. The van der Waals surface area contributed by atoms with Crippen LogP contribution in [-0.2, 0) is 13.2 Å². The Morgan fingerprint density at radius 2 is 1.78 bits per heavy atom. The minimum absolute atomic E-state index is 0.00380. The molecule has 0 fully saturated rings. The van der Waals surface area contributed by atoms with Gasteiger partial charge < -0.3 is 9.84 Å². The van der Waals surface area contributed by atoms with Crippen LogP contribution in [0.2, 0.25) is 0 Å². The van der Waals surface area contributed by atoms with Crippen LogP contribution in [0.25, 0.3) is 5.69 Å². The Morgan fingerprint density at radius 1 is 1.00 bits per heavy atom. The number of pyridine rings is 1. The SMILES string of the molecule is Cc1cccc(=O)n1-c1cc(CO)c(OCc2ccc(F)cc2F)cc1F. The average Bonchev–Trinajstić information content (AvgIpc) is 2.62. The maximum Gasteiger partial charge on any atom is 0.255 e. The van der Waals surface area contributed by atoms with Gasteiger partial charge in [-0.2, -0.15) is 0 Å². The van der Waals surface area contributed by atoms with E-state index in [-0.39, 0.29) is 29.2 Å². The van der Waals surface area contributed by atoms with Crippen molar-refractivity contribution in [3.05, 3.63) is 93.2 Å². The smallest absolute Gasteiger partial charge is 0.255 e. The first kappa shape index (κ1) is 18.7. The van der Waals surface area contributed by atoms with Gasteiger partial charge in [0.2, 0.25) is 0 Å². The summed E-state index contributed by atoms with van der Waals surface area (Å²) in [6.07, 6.45) is 0. The van der Waals surface area contributed by atoms with Crippen molar-refractivity contribution in [2.24, 2.45) is 0 Å². The second-order valence-corrected chi connectivity index (χ2v) is 5.93. The van der Waals surface area contributed by atoms with Gasteiger partial charge in [0.15, 0.2) is 5.82 Å². The molecule has 1 heterocycles. The Bertz CT molecular complexity index is 1050. The molecule has 0 aliphatic heterocycles. The lowest BCUT2D eigenvalue weighted by atomic mass is 10.1. The van der Waals surface area contributed by atoms with Crippen molar-refractivity contribution in [1.82, 2.24) is 4.57 Å². The second-order valence-electron chi connectivity index (χ2n) is 5.93. The highest BCUT2D eigenvalue weighted by molar-refractivity contribution is 5.46. The molecule has 1 N–H and O–H groups in total. The van der Waals surface area contributed by atoms with Crippen molar-refractivity contribution in [2.45, 2.75) is 20.1 Å². The number of rotatable bonds is 5. The fourth-order valence-electron chi connectivity index (χ4n) is 2.71. The zero-order valence-electron chi connectivity index (χ0n) is 14.4. The van der Waals surface area contributed by atoms with Crippen molar-refractivity contribution in [3.63, 3.8) is 0 Å². The summed E-state index contributed by atoms with van der Waals surface area (Å²) < 4.78 is 47.9. The molecule has 0 unspecified atom stereocenters. The van der Waals surface area contributed by atoms with Gasteiger partial charge in [0, 0.05) is 35.0 Å². The lowest BCUT2D eigenvalue weighted by Crippen LogP contribution is -2.20. The Balaban J connectivity index is 1.96. The summed E-state index contributed by atoms with van der Waals surface area (Å²) in [5.41, 5.74) is 0.388. The van der Waals surface area contributed by atoms with E-state index in [4.69, 9.17) is 4.74 Å². The summed E-state index contributed by atoms with van der Waals surface area (Å²) >= 11 is 0. The molecule has 0 aliphatic rings. The summed E-state index contributed by atoms with van der Waals surface area (Å²) in [5, 5.41) is 9.59. The molecule has 2 aromatic carbocycles. The van der Waals surface area contributed by atoms with E-state index in [9.17, 15) is 23.1 Å². The average molecular weight is 375 g/mol. The highest BCUT2D eigenvalue weighted by atomic mass is 19.1. The molecule has 27 heavy (non-hydrogen) atoms. The lowest BCUT2D eigenvalue weighted by Gasteiger charge is -2.15. The number of aromatic nitrogens is 1. The Labute approximate surface area is 153 Å². The first-order valence-corrected chi connectivity index (χ1v) is 8.09. The minimum Gasteiger partial charge on any atom is -0.488 e. The summed E-state index contributed by atoms with van der Waals surface area (Å²) in [6, 6.07) is 9.88. The van der Waals surface area contributed by atoms with Gasteiger partial charge in [-0.15, -0.1) is 0 Å². The molecule has 0 saturated carbocycles. The first-order chi connectivity index (χ1) is 12.9. The van der Waals surface area contributed by atoms with Crippen LogP contribution in [0, 0.1) is 24.4 Å². The molecule has 7 heteroatoms. The number of hydrogen-bond donors (Lipinski definition) is 1. The van der Waals surface area contributed by atoms with E-state index < -0.39 is 29.6 Å². The predicted molar refractivity (Wildman–Crippen MR) is 93.3 cm³/mol. The van der Waals surface area contributed by atoms with Crippen LogP contribution in [0.1, 0.15) is 16.8 Å². The van der Waals surface area contributed by atoms with Crippen LogP contribution in [0.5, 0.6) is 5.75 Å². The van der Waals surface area contributed by atoms with Gasteiger partial charge in [-0.3, -0.25) is 9.36 Å². The Kier molecular flexibility index (Phi) is 5.32. The van der Waals surface area contributed by atoms with E-state index in [1.807, 2.05) is 0 Å². The van der Waals surface area contributed by atoms with E-state index >= 15 is 0 Å². The normalized spacial score (nSPS) is 10.9.